The van der Waals surface area contributed by atoms with Gasteiger partial charge in [0.25, 0.3) is 0 Å². The van der Waals surface area contributed by atoms with Crippen LogP contribution in [-0.2, 0) is 0 Å². The lowest BCUT2D eigenvalue weighted by atomic mass is 10.0. The highest BCUT2D eigenvalue weighted by Crippen LogP contribution is 2.43. The van der Waals surface area contributed by atoms with Crippen LogP contribution in [0.4, 0.5) is 0 Å². The minimum Gasteiger partial charge on any atom is -0.486 e. The van der Waals surface area contributed by atoms with Gasteiger partial charge in [0.15, 0.2) is 11.5 Å². The molecule has 2 aromatic rings. The number of para-hydroxylation sites is 1. The zero-order valence-corrected chi connectivity index (χ0v) is 12.1. The smallest absolute Gasteiger partial charge is 0.169 e. The summed E-state index contributed by atoms with van der Waals surface area (Å²) in [4.78, 5) is 0. The summed E-state index contributed by atoms with van der Waals surface area (Å²) in [5.41, 5.74) is 7.32. The second kappa shape index (κ2) is 5.52. The second-order valence-electron chi connectivity index (χ2n) is 4.54. The average molecular weight is 310 g/mol. The zero-order chi connectivity index (χ0) is 14.1. The minimum atomic E-state index is -0.151. The van der Waals surface area contributed by atoms with Crippen LogP contribution in [0.5, 0.6) is 11.5 Å². The van der Waals surface area contributed by atoms with Gasteiger partial charge in [-0.15, -0.1) is 0 Å². The van der Waals surface area contributed by atoms with E-state index in [1.165, 1.54) is 0 Å². The molecule has 1 aliphatic rings. The zero-order valence-electron chi connectivity index (χ0n) is 10.6. The minimum absolute atomic E-state index is 0.151. The van der Waals surface area contributed by atoms with Crippen LogP contribution in [0.1, 0.15) is 0 Å². The maximum Gasteiger partial charge on any atom is 0.169 e. The van der Waals surface area contributed by atoms with Crippen molar-refractivity contribution in [2.24, 2.45) is 5.73 Å². The lowest BCUT2D eigenvalue weighted by Crippen LogP contribution is -2.35. The first kappa shape index (κ1) is 13.6. The topological polar surface area (TPSA) is 44.5 Å². The molecule has 0 bridgehead atoms. The van der Waals surface area contributed by atoms with Crippen molar-refractivity contribution >= 4 is 23.2 Å². The van der Waals surface area contributed by atoms with Gasteiger partial charge in [-0.3, -0.25) is 0 Å². The fourth-order valence-electron chi connectivity index (χ4n) is 2.17. The number of nitrogens with two attached hydrogens (primary N) is 1. The predicted octanol–water partition coefficient (Wildman–Crippen LogP) is 3.76. The molecule has 104 valence electrons. The van der Waals surface area contributed by atoms with Gasteiger partial charge in [-0.25, -0.2) is 0 Å². The molecule has 1 aliphatic heterocycles. The third-order valence-electron chi connectivity index (χ3n) is 3.17. The number of halogens is 2. The normalized spacial score (nSPS) is 17.1. The number of rotatable bonds is 2. The highest BCUT2D eigenvalue weighted by Gasteiger charge is 2.23. The Bertz CT molecular complexity index is 646. The molecule has 2 aromatic carbocycles. The molecule has 0 saturated heterocycles. The standard InChI is InChI=1S/C15H13Cl2NO2/c16-9-4-5-13(17)12(6-9)11-2-1-3-14-15(11)20-10(7-18)8-19-14/h1-6,10H,7-8,18H2/t10-/m0/s1. The van der Waals surface area contributed by atoms with E-state index < -0.39 is 0 Å². The van der Waals surface area contributed by atoms with Crippen LogP contribution < -0.4 is 15.2 Å². The van der Waals surface area contributed by atoms with Crippen molar-refractivity contribution in [2.75, 3.05) is 13.2 Å². The largest absolute Gasteiger partial charge is 0.486 e. The molecule has 3 nitrogen and oxygen atoms in total. The summed E-state index contributed by atoms with van der Waals surface area (Å²) in [6.45, 7) is 0.854. The Hall–Kier alpha value is -1.42. The summed E-state index contributed by atoms with van der Waals surface area (Å²) in [6.07, 6.45) is -0.151. The SMILES string of the molecule is NC[C@H]1COc2cccc(-c3cc(Cl)ccc3Cl)c2O1. The van der Waals surface area contributed by atoms with Gasteiger partial charge in [0.05, 0.1) is 0 Å². The van der Waals surface area contributed by atoms with E-state index in [1.807, 2.05) is 24.3 Å². The van der Waals surface area contributed by atoms with Gasteiger partial charge in [0.1, 0.15) is 12.7 Å². The van der Waals surface area contributed by atoms with Crippen LogP contribution in [0, 0.1) is 0 Å². The number of hydrogen-bond acceptors (Lipinski definition) is 3. The summed E-state index contributed by atoms with van der Waals surface area (Å²) in [5, 5.41) is 1.23. The summed E-state index contributed by atoms with van der Waals surface area (Å²) < 4.78 is 11.6. The van der Waals surface area contributed by atoms with Crippen molar-refractivity contribution in [1.82, 2.24) is 0 Å². The number of ether oxygens (including phenoxy) is 2. The summed E-state index contributed by atoms with van der Waals surface area (Å²) in [6, 6.07) is 11.0. The average Bonchev–Trinajstić information content (AvgIpc) is 2.48. The third kappa shape index (κ3) is 2.44. The Morgan fingerprint density at radius 1 is 1.15 bits per heavy atom. The monoisotopic (exact) mass is 309 g/mol. The lowest BCUT2D eigenvalue weighted by Gasteiger charge is -2.27. The van der Waals surface area contributed by atoms with Crippen molar-refractivity contribution in [2.45, 2.75) is 6.10 Å². The fourth-order valence-corrected chi connectivity index (χ4v) is 2.56. The van der Waals surface area contributed by atoms with Crippen LogP contribution in [0.25, 0.3) is 11.1 Å². The first-order valence-corrected chi connectivity index (χ1v) is 7.02. The Morgan fingerprint density at radius 2 is 2.00 bits per heavy atom. The van der Waals surface area contributed by atoms with E-state index in [2.05, 4.69) is 0 Å². The van der Waals surface area contributed by atoms with E-state index in [4.69, 9.17) is 38.4 Å². The van der Waals surface area contributed by atoms with Crippen LogP contribution in [0.15, 0.2) is 36.4 Å². The predicted molar refractivity (Wildman–Crippen MR) is 80.9 cm³/mol. The number of hydrogen-bond donors (Lipinski definition) is 1. The Morgan fingerprint density at radius 3 is 2.80 bits per heavy atom. The molecule has 1 atom stereocenters. The van der Waals surface area contributed by atoms with Crippen LogP contribution in [0.2, 0.25) is 10.0 Å². The number of fused-ring (bicyclic) bond motifs is 1. The van der Waals surface area contributed by atoms with E-state index in [-0.39, 0.29) is 6.10 Å². The molecule has 1 heterocycles. The van der Waals surface area contributed by atoms with Gasteiger partial charge < -0.3 is 15.2 Å². The maximum absolute atomic E-state index is 6.26. The van der Waals surface area contributed by atoms with Crippen molar-refractivity contribution < 1.29 is 9.47 Å². The molecule has 20 heavy (non-hydrogen) atoms. The van der Waals surface area contributed by atoms with Gasteiger partial charge in [0, 0.05) is 27.7 Å². The molecule has 2 N–H and O–H groups in total. The lowest BCUT2D eigenvalue weighted by molar-refractivity contribution is 0.0976. The maximum atomic E-state index is 6.26. The molecule has 0 aromatic heterocycles. The van der Waals surface area contributed by atoms with Crippen LogP contribution in [0.3, 0.4) is 0 Å². The van der Waals surface area contributed by atoms with E-state index in [0.717, 1.165) is 11.1 Å². The fraction of sp³-hybridized carbons (Fsp3) is 0.200. The van der Waals surface area contributed by atoms with Crippen molar-refractivity contribution in [1.29, 1.82) is 0 Å². The first-order chi connectivity index (χ1) is 9.69. The van der Waals surface area contributed by atoms with E-state index in [1.54, 1.807) is 12.1 Å². The van der Waals surface area contributed by atoms with E-state index in [9.17, 15) is 0 Å². The van der Waals surface area contributed by atoms with Gasteiger partial charge >= 0.3 is 0 Å². The van der Waals surface area contributed by atoms with Crippen molar-refractivity contribution in [3.63, 3.8) is 0 Å². The molecule has 0 radical (unpaired) electrons. The highest BCUT2D eigenvalue weighted by atomic mass is 35.5. The highest BCUT2D eigenvalue weighted by molar-refractivity contribution is 6.35. The molecule has 0 fully saturated rings. The van der Waals surface area contributed by atoms with Crippen LogP contribution in [-0.4, -0.2) is 19.3 Å². The van der Waals surface area contributed by atoms with Gasteiger partial charge in [0.2, 0.25) is 0 Å². The molecule has 0 aliphatic carbocycles. The van der Waals surface area contributed by atoms with E-state index in [0.29, 0.717) is 34.7 Å². The van der Waals surface area contributed by atoms with Crippen molar-refractivity contribution in [3.05, 3.63) is 46.4 Å². The quantitative estimate of drug-likeness (QED) is 0.918. The van der Waals surface area contributed by atoms with Gasteiger partial charge in [-0.2, -0.15) is 0 Å². The Balaban J connectivity index is 2.13. The Kier molecular flexibility index (Phi) is 3.74. The summed E-state index contributed by atoms with van der Waals surface area (Å²) >= 11 is 12.3. The molecule has 0 unspecified atom stereocenters. The van der Waals surface area contributed by atoms with E-state index >= 15 is 0 Å². The first-order valence-electron chi connectivity index (χ1n) is 6.27. The molecule has 0 spiro atoms. The molecule has 0 saturated carbocycles. The van der Waals surface area contributed by atoms with Crippen LogP contribution >= 0.6 is 23.2 Å². The van der Waals surface area contributed by atoms with Crippen molar-refractivity contribution in [3.8, 4) is 22.6 Å². The van der Waals surface area contributed by atoms with Gasteiger partial charge in [-0.05, 0) is 24.3 Å². The number of benzene rings is 2. The van der Waals surface area contributed by atoms with Gasteiger partial charge in [-0.1, -0.05) is 35.3 Å². The molecule has 5 heteroatoms. The molecule has 0 amide bonds. The third-order valence-corrected chi connectivity index (χ3v) is 3.73. The summed E-state index contributed by atoms with van der Waals surface area (Å²) in [5.74, 6) is 1.36. The summed E-state index contributed by atoms with van der Waals surface area (Å²) in [7, 11) is 0. The molecular formula is C15H13Cl2NO2. The molecule has 3 rings (SSSR count). The second-order valence-corrected chi connectivity index (χ2v) is 5.39. The Labute approximate surface area is 127 Å². The molecular weight excluding hydrogens is 297 g/mol.